The van der Waals surface area contributed by atoms with Gasteiger partial charge in [0.25, 0.3) is 0 Å². The molecule has 0 saturated carbocycles. The van der Waals surface area contributed by atoms with E-state index in [1.54, 1.807) is 7.11 Å². The van der Waals surface area contributed by atoms with Gasteiger partial charge in [-0.25, -0.2) is 0 Å². The van der Waals surface area contributed by atoms with E-state index in [0.717, 1.165) is 12.2 Å². The van der Waals surface area contributed by atoms with Crippen molar-refractivity contribution in [1.29, 1.82) is 0 Å². The molecule has 1 aliphatic rings. The Bertz CT molecular complexity index is 520. The van der Waals surface area contributed by atoms with Crippen LogP contribution >= 0.6 is 0 Å². The number of hydrogen-bond acceptors (Lipinski definition) is 1. The predicted molar refractivity (Wildman–Crippen MR) is 72.9 cm³/mol. The van der Waals surface area contributed by atoms with Crippen LogP contribution in [0, 0.1) is 20.9 Å². The number of rotatable bonds is 1. The molecule has 2 aromatic rings. The third kappa shape index (κ3) is 2.59. The summed E-state index contributed by atoms with van der Waals surface area (Å²) in [5.74, 6) is 0.952. The van der Waals surface area contributed by atoms with Crippen LogP contribution in [0.15, 0.2) is 36.4 Å². The van der Waals surface area contributed by atoms with Crippen molar-refractivity contribution in [3.63, 3.8) is 0 Å². The minimum absolute atomic E-state index is 0. The molecule has 18 heavy (non-hydrogen) atoms. The summed E-state index contributed by atoms with van der Waals surface area (Å²) in [7, 11) is 1.72. The summed E-state index contributed by atoms with van der Waals surface area (Å²) in [6.45, 7) is 0. The first-order valence-corrected chi connectivity index (χ1v) is 5.06. The Labute approximate surface area is 129 Å². The molecule has 2 aromatic carbocycles. The Hall–Kier alpha value is -0.877. The van der Waals surface area contributed by atoms with Crippen LogP contribution in [0.3, 0.4) is 0 Å². The smallest absolute Gasteiger partial charge is 0.522 e. The fourth-order valence-corrected chi connectivity index (χ4v) is 2.24. The Morgan fingerprint density at radius 1 is 1.11 bits per heavy atom. The van der Waals surface area contributed by atoms with Crippen LogP contribution < -0.4 is 4.74 Å². The van der Waals surface area contributed by atoms with Crippen LogP contribution in [0.1, 0.15) is 11.1 Å². The number of benzene rings is 2. The molecule has 3 rings (SSSR count). The molecule has 1 radical (unpaired) electrons. The Morgan fingerprint density at radius 2 is 1.83 bits per heavy atom. The molecule has 0 amide bonds. The average molecular weight is 317 g/mol. The second kappa shape index (κ2) is 6.90. The normalized spacial score (nSPS) is 10.1. The first kappa shape index (κ1) is 17.1. The van der Waals surface area contributed by atoms with Crippen LogP contribution in [0.2, 0.25) is 0 Å². The van der Waals surface area contributed by atoms with Crippen molar-refractivity contribution in [1.82, 2.24) is 0 Å². The number of methoxy groups -OCH3 is 1. The van der Waals surface area contributed by atoms with Gasteiger partial charge in [-0.3, -0.25) is 0 Å². The van der Waals surface area contributed by atoms with Crippen molar-refractivity contribution in [3.8, 4) is 16.9 Å². The van der Waals surface area contributed by atoms with Crippen molar-refractivity contribution in [2.75, 3.05) is 7.11 Å². The molecular weight excluding hydrogens is 299 g/mol. The van der Waals surface area contributed by atoms with E-state index in [1.165, 1.54) is 22.3 Å². The second-order valence-electron chi connectivity index (χ2n) is 3.73. The zero-order valence-corrected chi connectivity index (χ0v) is 13.5. The Kier molecular flexibility index (Phi) is 6.56. The van der Waals surface area contributed by atoms with Crippen LogP contribution in [-0.4, -0.2) is 7.11 Å². The van der Waals surface area contributed by atoms with Crippen LogP contribution in [0.5, 0.6) is 5.75 Å². The van der Waals surface area contributed by atoms with Crippen molar-refractivity contribution >= 4 is 0 Å². The summed E-state index contributed by atoms with van der Waals surface area (Å²) >= 11 is 0. The van der Waals surface area contributed by atoms with E-state index in [2.05, 4.69) is 30.3 Å². The molecule has 0 saturated heterocycles. The van der Waals surface area contributed by atoms with Gasteiger partial charge in [0.1, 0.15) is 0 Å². The molecule has 2 heteroatoms. The second-order valence-corrected chi connectivity index (χ2v) is 3.73. The van der Waals surface area contributed by atoms with E-state index in [9.17, 15) is 0 Å². The molecule has 0 fully saturated rings. The zero-order valence-electron chi connectivity index (χ0n) is 11.1. The molecule has 0 heterocycles. The van der Waals surface area contributed by atoms with E-state index >= 15 is 0 Å². The van der Waals surface area contributed by atoms with Crippen molar-refractivity contribution in [2.24, 2.45) is 0 Å². The van der Waals surface area contributed by atoms with Crippen molar-refractivity contribution in [3.05, 3.63) is 68.4 Å². The summed E-state index contributed by atoms with van der Waals surface area (Å²) in [5.41, 5.74) is 5.13. The summed E-state index contributed by atoms with van der Waals surface area (Å²) in [4.78, 5) is 0. The summed E-state index contributed by atoms with van der Waals surface area (Å²) in [6, 6.07) is 15.7. The van der Waals surface area contributed by atoms with E-state index in [-0.39, 0.29) is 41.1 Å². The van der Waals surface area contributed by atoms with E-state index in [1.807, 2.05) is 12.1 Å². The van der Waals surface area contributed by atoms with E-state index in [0.29, 0.717) is 0 Å². The van der Waals surface area contributed by atoms with Gasteiger partial charge in [0, 0.05) is 5.75 Å². The minimum atomic E-state index is 0. The van der Waals surface area contributed by atoms with Gasteiger partial charge in [-0.2, -0.15) is 12.1 Å². The first-order valence-electron chi connectivity index (χ1n) is 5.06. The largest absolute Gasteiger partial charge is 3.00 e. The molecule has 0 unspecified atom stereocenters. The fourth-order valence-electron chi connectivity index (χ4n) is 2.24. The standard InChI is InChI=1S/C14H11O.2CH3.Zr/c1-15-13-8-4-6-11-9-10-5-2-3-7-12(10)14(11)13;;;/h2-5,7-8H,9H2,1H3;2*1H3;/q3*-1;+3. The molecule has 0 aliphatic heterocycles. The minimum Gasteiger partial charge on any atom is -0.522 e. The first-order chi connectivity index (χ1) is 7.40. The maximum absolute atomic E-state index is 5.39. The molecule has 91 valence electrons. The van der Waals surface area contributed by atoms with Crippen LogP contribution in [0.25, 0.3) is 11.1 Å². The van der Waals surface area contributed by atoms with E-state index < -0.39 is 0 Å². The predicted octanol–water partition coefficient (Wildman–Crippen LogP) is 3.96. The molecule has 0 atom stereocenters. The van der Waals surface area contributed by atoms with Crippen LogP contribution in [-0.2, 0) is 32.6 Å². The summed E-state index contributed by atoms with van der Waals surface area (Å²) < 4.78 is 5.39. The number of fused-ring (bicyclic) bond motifs is 3. The SMILES string of the molecule is COc1cc[c-]c2c1-c1ccccc1C2.[CH3-].[CH3-].[Zr+3]. The van der Waals surface area contributed by atoms with Gasteiger partial charge in [0.2, 0.25) is 0 Å². The molecule has 0 bridgehead atoms. The third-order valence-corrected chi connectivity index (χ3v) is 2.91. The third-order valence-electron chi connectivity index (χ3n) is 2.91. The molecule has 1 nitrogen and oxygen atoms in total. The quantitative estimate of drug-likeness (QED) is 0.617. The maximum atomic E-state index is 5.39. The molecule has 0 N–H and O–H groups in total. The van der Waals surface area contributed by atoms with Gasteiger partial charge in [0.05, 0.1) is 7.11 Å². The average Bonchev–Trinajstić information content (AvgIpc) is 2.67. The number of ether oxygens (including phenoxy) is 1. The topological polar surface area (TPSA) is 9.23 Å². The van der Waals surface area contributed by atoms with E-state index in [4.69, 9.17) is 4.74 Å². The van der Waals surface area contributed by atoms with Gasteiger partial charge in [-0.1, -0.05) is 35.4 Å². The monoisotopic (exact) mass is 315 g/mol. The molecule has 1 aliphatic carbocycles. The zero-order chi connectivity index (χ0) is 10.3. The molecule has 0 aromatic heterocycles. The Balaban J connectivity index is 0.000000963. The molecular formula is C16H17OZr. The van der Waals surface area contributed by atoms with Crippen LogP contribution in [0.4, 0.5) is 0 Å². The van der Waals surface area contributed by atoms with Crippen molar-refractivity contribution < 1.29 is 30.9 Å². The number of hydrogen-bond donors (Lipinski definition) is 0. The van der Waals surface area contributed by atoms with Gasteiger partial charge in [-0.05, 0) is 12.0 Å². The summed E-state index contributed by atoms with van der Waals surface area (Å²) in [5, 5.41) is 0. The van der Waals surface area contributed by atoms with Crippen molar-refractivity contribution in [2.45, 2.75) is 6.42 Å². The van der Waals surface area contributed by atoms with Gasteiger partial charge in [-0.15, -0.1) is 11.6 Å². The van der Waals surface area contributed by atoms with Gasteiger partial charge >= 0.3 is 26.2 Å². The summed E-state index contributed by atoms with van der Waals surface area (Å²) in [6.07, 6.45) is 0.975. The Morgan fingerprint density at radius 3 is 2.56 bits per heavy atom. The van der Waals surface area contributed by atoms with Gasteiger partial charge < -0.3 is 19.6 Å². The van der Waals surface area contributed by atoms with Gasteiger partial charge in [0.15, 0.2) is 0 Å². The fraction of sp³-hybridized carbons (Fsp3) is 0.125. The maximum Gasteiger partial charge on any atom is 3.00 e. The molecule has 0 spiro atoms.